The van der Waals surface area contributed by atoms with Crippen LogP contribution < -0.4 is 10.6 Å². The number of methoxy groups -OCH3 is 1. The first-order valence-electron chi connectivity index (χ1n) is 6.36. The Kier molecular flexibility index (Phi) is 7.11. The van der Waals surface area contributed by atoms with E-state index in [1.54, 1.807) is 0 Å². The van der Waals surface area contributed by atoms with Crippen molar-refractivity contribution in [3.63, 3.8) is 0 Å². The van der Waals surface area contributed by atoms with Crippen molar-refractivity contribution in [2.45, 2.75) is 46.7 Å². The Balaban J connectivity index is 4.85. The molecule has 0 aromatic rings. The highest BCUT2D eigenvalue weighted by Gasteiger charge is 2.30. The summed E-state index contributed by atoms with van der Waals surface area (Å²) in [6, 6.07) is -1.38. The van der Waals surface area contributed by atoms with Crippen molar-refractivity contribution in [1.29, 1.82) is 0 Å². The Hall–Kier alpha value is -1.59. The van der Waals surface area contributed by atoms with Crippen LogP contribution in [0.25, 0.3) is 0 Å². The normalized spacial score (nSPS) is 13.9. The number of hydrogen-bond acceptors (Lipinski definition) is 4. The number of rotatable bonds is 6. The van der Waals surface area contributed by atoms with Crippen LogP contribution in [0.5, 0.6) is 0 Å². The van der Waals surface area contributed by atoms with E-state index in [4.69, 9.17) is 0 Å². The fraction of sp³-hybridized carbons (Fsp3) is 0.769. The molecule has 6 heteroatoms. The Morgan fingerprint density at radius 1 is 0.895 bits per heavy atom. The first kappa shape index (κ1) is 17.4. The second kappa shape index (κ2) is 7.76. The number of hydrogen-bond donors (Lipinski definition) is 2. The molecule has 0 saturated heterocycles. The van der Waals surface area contributed by atoms with E-state index in [2.05, 4.69) is 15.4 Å². The smallest absolute Gasteiger partial charge is 0.328 e. The van der Waals surface area contributed by atoms with E-state index >= 15 is 0 Å². The van der Waals surface area contributed by atoms with Crippen LogP contribution in [0, 0.1) is 11.8 Å². The van der Waals surface area contributed by atoms with Crippen LogP contribution in [0.3, 0.4) is 0 Å². The van der Waals surface area contributed by atoms with Gasteiger partial charge in [0, 0.05) is 6.92 Å². The number of nitrogens with one attached hydrogen (secondary N) is 2. The summed E-state index contributed by atoms with van der Waals surface area (Å²) < 4.78 is 4.65. The van der Waals surface area contributed by atoms with E-state index in [0.717, 1.165) is 0 Å². The van der Waals surface area contributed by atoms with Crippen molar-refractivity contribution in [3.05, 3.63) is 0 Å². The lowest BCUT2D eigenvalue weighted by Gasteiger charge is -2.25. The summed E-state index contributed by atoms with van der Waals surface area (Å²) in [6.45, 7) is 8.61. The van der Waals surface area contributed by atoms with Gasteiger partial charge in [-0.3, -0.25) is 9.59 Å². The lowest BCUT2D eigenvalue weighted by atomic mass is 10.0. The lowest BCUT2D eigenvalue weighted by Crippen LogP contribution is -2.54. The molecular formula is C13H24N2O4. The molecule has 0 aliphatic carbocycles. The van der Waals surface area contributed by atoms with Crippen LogP contribution in [0.15, 0.2) is 0 Å². The molecule has 0 unspecified atom stereocenters. The van der Waals surface area contributed by atoms with Gasteiger partial charge in [0.25, 0.3) is 0 Å². The molecule has 2 N–H and O–H groups in total. The van der Waals surface area contributed by atoms with Crippen molar-refractivity contribution in [1.82, 2.24) is 10.6 Å². The summed E-state index contributed by atoms with van der Waals surface area (Å²) in [4.78, 5) is 34.8. The summed E-state index contributed by atoms with van der Waals surface area (Å²) in [6.07, 6.45) is 0. The number of esters is 1. The van der Waals surface area contributed by atoms with Crippen LogP contribution in [-0.4, -0.2) is 37.0 Å². The fourth-order valence-electron chi connectivity index (χ4n) is 1.62. The fourth-order valence-corrected chi connectivity index (χ4v) is 1.62. The Labute approximate surface area is 114 Å². The van der Waals surface area contributed by atoms with Gasteiger partial charge in [-0.1, -0.05) is 27.7 Å². The molecule has 19 heavy (non-hydrogen) atoms. The largest absolute Gasteiger partial charge is 0.467 e. The van der Waals surface area contributed by atoms with E-state index < -0.39 is 18.1 Å². The minimum Gasteiger partial charge on any atom is -0.467 e. The van der Waals surface area contributed by atoms with Gasteiger partial charge in [-0.15, -0.1) is 0 Å². The van der Waals surface area contributed by atoms with E-state index in [9.17, 15) is 14.4 Å². The zero-order chi connectivity index (χ0) is 15.2. The molecule has 0 heterocycles. The SMILES string of the molecule is COC(=O)[C@H](NC(=O)[C@H](NC(C)=O)C(C)C)C(C)C. The number of carbonyl (C=O) groups is 3. The molecule has 0 aromatic heterocycles. The molecule has 0 spiro atoms. The van der Waals surface area contributed by atoms with Gasteiger partial charge in [-0.25, -0.2) is 4.79 Å². The van der Waals surface area contributed by atoms with Crippen LogP contribution in [0.2, 0.25) is 0 Å². The molecule has 0 aromatic carbocycles. The van der Waals surface area contributed by atoms with Crippen molar-refractivity contribution >= 4 is 17.8 Å². The average molecular weight is 272 g/mol. The van der Waals surface area contributed by atoms with Crippen molar-refractivity contribution in [2.75, 3.05) is 7.11 Å². The monoisotopic (exact) mass is 272 g/mol. The van der Waals surface area contributed by atoms with Gasteiger partial charge in [0.05, 0.1) is 7.11 Å². The summed E-state index contributed by atoms with van der Waals surface area (Å²) in [5, 5.41) is 5.20. The van der Waals surface area contributed by atoms with Crippen molar-refractivity contribution in [2.24, 2.45) is 11.8 Å². The molecule has 110 valence electrons. The predicted molar refractivity (Wildman–Crippen MR) is 71.2 cm³/mol. The third-order valence-electron chi connectivity index (χ3n) is 2.73. The first-order valence-corrected chi connectivity index (χ1v) is 6.36. The number of ether oxygens (including phenoxy) is 1. The summed E-state index contributed by atoms with van der Waals surface area (Å²) >= 11 is 0. The standard InChI is InChI=1S/C13H24N2O4/c1-7(2)10(14-9(5)16)12(17)15-11(8(3)4)13(18)19-6/h7-8,10-11H,1-6H3,(H,14,16)(H,15,17)/t10-,11-/m1/s1. The Bertz CT molecular complexity index is 340. The maximum absolute atomic E-state index is 12.1. The minimum absolute atomic E-state index is 0.0747. The van der Waals surface area contributed by atoms with E-state index in [0.29, 0.717) is 0 Å². The van der Waals surface area contributed by atoms with Crippen LogP contribution in [0.4, 0.5) is 0 Å². The summed E-state index contributed by atoms with van der Waals surface area (Å²) in [5.74, 6) is -1.33. The molecule has 0 aliphatic rings. The molecule has 0 saturated carbocycles. The maximum atomic E-state index is 12.1. The minimum atomic E-state index is -0.715. The lowest BCUT2D eigenvalue weighted by molar-refractivity contribution is -0.146. The molecule has 0 radical (unpaired) electrons. The maximum Gasteiger partial charge on any atom is 0.328 e. The quantitative estimate of drug-likeness (QED) is 0.688. The summed E-state index contributed by atoms with van der Waals surface area (Å²) in [7, 11) is 1.28. The number of amides is 2. The van der Waals surface area contributed by atoms with Crippen LogP contribution in [0.1, 0.15) is 34.6 Å². The zero-order valence-electron chi connectivity index (χ0n) is 12.4. The van der Waals surface area contributed by atoms with Gasteiger partial charge in [0.1, 0.15) is 12.1 Å². The van der Waals surface area contributed by atoms with Crippen molar-refractivity contribution in [3.8, 4) is 0 Å². The molecule has 6 nitrogen and oxygen atoms in total. The Morgan fingerprint density at radius 3 is 1.68 bits per heavy atom. The topological polar surface area (TPSA) is 84.5 Å². The molecule has 2 amide bonds. The zero-order valence-corrected chi connectivity index (χ0v) is 12.4. The molecule has 0 rings (SSSR count). The van der Waals surface area contributed by atoms with Gasteiger partial charge in [-0.05, 0) is 11.8 Å². The van der Waals surface area contributed by atoms with Gasteiger partial charge in [0.2, 0.25) is 11.8 Å². The molecule has 0 aliphatic heterocycles. The van der Waals surface area contributed by atoms with Gasteiger partial charge >= 0.3 is 5.97 Å². The highest BCUT2D eigenvalue weighted by Crippen LogP contribution is 2.07. The van der Waals surface area contributed by atoms with E-state index in [-0.39, 0.29) is 23.7 Å². The van der Waals surface area contributed by atoms with Crippen LogP contribution >= 0.6 is 0 Å². The first-order chi connectivity index (χ1) is 8.70. The van der Waals surface area contributed by atoms with E-state index in [1.165, 1.54) is 14.0 Å². The third-order valence-corrected chi connectivity index (χ3v) is 2.73. The summed E-state index contributed by atoms with van der Waals surface area (Å²) in [5.41, 5.74) is 0. The molecule has 0 bridgehead atoms. The highest BCUT2D eigenvalue weighted by atomic mass is 16.5. The highest BCUT2D eigenvalue weighted by molar-refractivity contribution is 5.90. The van der Waals surface area contributed by atoms with Gasteiger partial charge in [0.15, 0.2) is 0 Å². The van der Waals surface area contributed by atoms with Crippen molar-refractivity contribution < 1.29 is 19.1 Å². The average Bonchev–Trinajstić information content (AvgIpc) is 2.30. The molecular weight excluding hydrogens is 248 g/mol. The van der Waals surface area contributed by atoms with Gasteiger partial charge < -0.3 is 15.4 Å². The second-order valence-corrected chi connectivity index (χ2v) is 5.18. The predicted octanol–water partition coefficient (Wildman–Crippen LogP) is 0.461. The second-order valence-electron chi connectivity index (χ2n) is 5.18. The molecule has 2 atom stereocenters. The van der Waals surface area contributed by atoms with Crippen LogP contribution in [-0.2, 0) is 19.1 Å². The Morgan fingerprint density at radius 2 is 1.37 bits per heavy atom. The molecule has 0 fully saturated rings. The van der Waals surface area contributed by atoms with Gasteiger partial charge in [-0.2, -0.15) is 0 Å². The third kappa shape index (κ3) is 5.72. The number of carbonyl (C=O) groups excluding carboxylic acids is 3. The van der Waals surface area contributed by atoms with E-state index in [1.807, 2.05) is 27.7 Å².